The average Bonchev–Trinajstić information content (AvgIpc) is 2.91. The summed E-state index contributed by atoms with van der Waals surface area (Å²) in [6.45, 7) is 0. The molecule has 0 saturated heterocycles. The van der Waals surface area contributed by atoms with Crippen molar-refractivity contribution in [2.24, 2.45) is 7.05 Å². The molecule has 3 rings (SSSR count). The Labute approximate surface area is 131 Å². The van der Waals surface area contributed by atoms with Crippen LogP contribution in [-0.2, 0) is 11.8 Å². The Balaban J connectivity index is 2.03. The molecule has 1 aromatic carbocycles. The van der Waals surface area contributed by atoms with Crippen molar-refractivity contribution in [3.63, 3.8) is 0 Å². The van der Waals surface area contributed by atoms with Gasteiger partial charge in [0.05, 0.1) is 28.8 Å². The number of hydrogen-bond acceptors (Lipinski definition) is 5. The third-order valence-electron chi connectivity index (χ3n) is 3.30. The van der Waals surface area contributed by atoms with E-state index in [2.05, 4.69) is 15.3 Å². The average molecular weight is 317 g/mol. The van der Waals surface area contributed by atoms with Gasteiger partial charge in [-0.3, -0.25) is 0 Å². The van der Waals surface area contributed by atoms with Gasteiger partial charge in [-0.05, 0) is 24.3 Å². The second-order valence-electron chi connectivity index (χ2n) is 4.70. The molecule has 6 nitrogen and oxygen atoms in total. The van der Waals surface area contributed by atoms with E-state index in [1.807, 2.05) is 23.9 Å². The van der Waals surface area contributed by atoms with Crippen LogP contribution in [0.3, 0.4) is 0 Å². The lowest BCUT2D eigenvalue weighted by molar-refractivity contribution is 0.0601. The number of rotatable bonds is 3. The van der Waals surface area contributed by atoms with Crippen molar-refractivity contribution in [1.29, 1.82) is 0 Å². The van der Waals surface area contributed by atoms with E-state index in [1.165, 1.54) is 13.4 Å². The van der Waals surface area contributed by atoms with Crippen LogP contribution >= 0.6 is 11.6 Å². The Morgan fingerprint density at radius 2 is 2.14 bits per heavy atom. The summed E-state index contributed by atoms with van der Waals surface area (Å²) >= 11 is 6.19. The van der Waals surface area contributed by atoms with Gasteiger partial charge >= 0.3 is 5.97 Å². The zero-order chi connectivity index (χ0) is 15.7. The second-order valence-corrected chi connectivity index (χ2v) is 5.10. The number of aromatic nitrogens is 3. The Hall–Kier alpha value is -2.60. The fourth-order valence-corrected chi connectivity index (χ4v) is 2.34. The molecule has 22 heavy (non-hydrogen) atoms. The molecule has 112 valence electrons. The summed E-state index contributed by atoms with van der Waals surface area (Å²) in [6, 6.07) is 6.79. The predicted molar refractivity (Wildman–Crippen MR) is 84.6 cm³/mol. The fourth-order valence-electron chi connectivity index (χ4n) is 2.17. The lowest BCUT2D eigenvalue weighted by Gasteiger charge is -2.10. The summed E-state index contributed by atoms with van der Waals surface area (Å²) in [6.07, 6.45) is 3.37. The van der Waals surface area contributed by atoms with Gasteiger partial charge in [0.1, 0.15) is 17.8 Å². The number of anilines is 2. The number of fused-ring (bicyclic) bond motifs is 1. The first-order valence-electron chi connectivity index (χ1n) is 6.51. The molecule has 0 amide bonds. The number of ether oxygens (including phenoxy) is 1. The first-order valence-corrected chi connectivity index (χ1v) is 6.89. The molecule has 0 aliphatic carbocycles. The third kappa shape index (κ3) is 2.48. The monoisotopic (exact) mass is 316 g/mol. The van der Waals surface area contributed by atoms with E-state index in [-0.39, 0.29) is 0 Å². The number of aryl methyl sites for hydroxylation is 1. The van der Waals surface area contributed by atoms with Gasteiger partial charge in [-0.15, -0.1) is 0 Å². The van der Waals surface area contributed by atoms with Crippen molar-refractivity contribution in [1.82, 2.24) is 14.5 Å². The van der Waals surface area contributed by atoms with E-state index < -0.39 is 5.97 Å². The second kappa shape index (κ2) is 5.65. The smallest absolute Gasteiger partial charge is 0.337 e. The molecule has 0 atom stereocenters. The number of carbonyl (C=O) groups is 1. The summed E-state index contributed by atoms with van der Waals surface area (Å²) in [4.78, 5) is 20.1. The van der Waals surface area contributed by atoms with Gasteiger partial charge in [0.15, 0.2) is 0 Å². The van der Waals surface area contributed by atoms with Gasteiger partial charge in [0.2, 0.25) is 0 Å². The first-order chi connectivity index (χ1) is 10.6. The maximum absolute atomic E-state index is 11.6. The normalized spacial score (nSPS) is 10.7. The highest BCUT2D eigenvalue weighted by atomic mass is 35.5. The number of carbonyl (C=O) groups excluding carboxylic acids is 1. The van der Waals surface area contributed by atoms with Crippen molar-refractivity contribution in [2.75, 3.05) is 12.4 Å². The van der Waals surface area contributed by atoms with Gasteiger partial charge in [-0.1, -0.05) is 11.6 Å². The molecule has 0 aliphatic rings. The van der Waals surface area contributed by atoms with Crippen LogP contribution in [0.5, 0.6) is 0 Å². The van der Waals surface area contributed by atoms with Crippen molar-refractivity contribution in [3.05, 3.63) is 47.4 Å². The standard InChI is InChI=1S/C15H13ClN4O2/c1-20-6-5-10-13(17-8-18-14(10)20)19-12-7-9(15(21)22-2)3-4-11(12)16/h3-8H,1-2H3,(H,17,18,19). The number of hydrogen-bond donors (Lipinski definition) is 1. The van der Waals surface area contributed by atoms with Crippen molar-refractivity contribution < 1.29 is 9.53 Å². The molecule has 2 aromatic heterocycles. The van der Waals surface area contributed by atoms with Crippen LogP contribution in [0.2, 0.25) is 5.02 Å². The predicted octanol–water partition coefficient (Wildman–Crippen LogP) is 3.15. The highest BCUT2D eigenvalue weighted by Crippen LogP contribution is 2.29. The zero-order valence-corrected chi connectivity index (χ0v) is 12.8. The molecule has 0 bridgehead atoms. The Morgan fingerprint density at radius 3 is 2.91 bits per heavy atom. The maximum atomic E-state index is 11.6. The Bertz CT molecular complexity index is 860. The molecule has 2 heterocycles. The van der Waals surface area contributed by atoms with E-state index >= 15 is 0 Å². The quantitative estimate of drug-likeness (QED) is 0.752. The summed E-state index contributed by atoms with van der Waals surface area (Å²) in [5.41, 5.74) is 1.79. The van der Waals surface area contributed by atoms with E-state index in [4.69, 9.17) is 16.3 Å². The van der Waals surface area contributed by atoms with E-state index in [0.29, 0.717) is 22.1 Å². The van der Waals surface area contributed by atoms with Gasteiger partial charge < -0.3 is 14.6 Å². The number of nitrogens with one attached hydrogen (secondary N) is 1. The lowest BCUT2D eigenvalue weighted by atomic mass is 10.2. The number of nitrogens with zero attached hydrogens (tertiary/aromatic N) is 3. The molecule has 0 unspecified atom stereocenters. The van der Waals surface area contributed by atoms with E-state index in [1.54, 1.807) is 18.2 Å². The van der Waals surface area contributed by atoms with Crippen LogP contribution in [0.15, 0.2) is 36.8 Å². The molecule has 0 aliphatic heterocycles. The number of benzene rings is 1. The van der Waals surface area contributed by atoms with Crippen LogP contribution < -0.4 is 5.32 Å². The molecule has 0 radical (unpaired) electrons. The van der Waals surface area contributed by atoms with Gasteiger partial charge in [-0.25, -0.2) is 14.8 Å². The summed E-state index contributed by atoms with van der Waals surface area (Å²) < 4.78 is 6.61. The minimum atomic E-state index is -0.424. The topological polar surface area (TPSA) is 69.0 Å². The molecule has 1 N–H and O–H groups in total. The fraction of sp³-hybridized carbons (Fsp3) is 0.133. The van der Waals surface area contributed by atoms with Crippen LogP contribution in [0.4, 0.5) is 11.5 Å². The first kappa shape index (κ1) is 14.3. The minimum absolute atomic E-state index is 0.410. The SMILES string of the molecule is COC(=O)c1ccc(Cl)c(Nc2ncnc3c2ccn3C)c1. The molecule has 0 saturated carbocycles. The van der Waals surface area contributed by atoms with Gasteiger partial charge in [-0.2, -0.15) is 0 Å². The Kier molecular flexibility index (Phi) is 3.68. The number of halogens is 1. The van der Waals surface area contributed by atoms with Crippen LogP contribution in [0.1, 0.15) is 10.4 Å². The van der Waals surface area contributed by atoms with Crippen LogP contribution in [0.25, 0.3) is 11.0 Å². The zero-order valence-electron chi connectivity index (χ0n) is 12.0. The van der Waals surface area contributed by atoms with E-state index in [0.717, 1.165) is 11.0 Å². The highest BCUT2D eigenvalue weighted by Gasteiger charge is 2.12. The van der Waals surface area contributed by atoms with Crippen LogP contribution in [-0.4, -0.2) is 27.6 Å². The largest absolute Gasteiger partial charge is 0.465 e. The minimum Gasteiger partial charge on any atom is -0.465 e. The van der Waals surface area contributed by atoms with Crippen molar-refractivity contribution in [2.45, 2.75) is 0 Å². The molecule has 7 heteroatoms. The van der Waals surface area contributed by atoms with Gasteiger partial charge in [0.25, 0.3) is 0 Å². The van der Waals surface area contributed by atoms with Crippen molar-refractivity contribution >= 4 is 40.1 Å². The summed E-state index contributed by atoms with van der Waals surface area (Å²) in [7, 11) is 3.24. The third-order valence-corrected chi connectivity index (χ3v) is 3.63. The molecule has 0 spiro atoms. The number of methoxy groups -OCH3 is 1. The Morgan fingerprint density at radius 1 is 1.32 bits per heavy atom. The maximum Gasteiger partial charge on any atom is 0.337 e. The summed E-state index contributed by atoms with van der Waals surface area (Å²) in [5.74, 6) is 0.196. The molecular formula is C15H13ClN4O2. The molecule has 0 fully saturated rings. The highest BCUT2D eigenvalue weighted by molar-refractivity contribution is 6.33. The summed E-state index contributed by atoms with van der Waals surface area (Å²) in [5, 5.41) is 4.49. The lowest BCUT2D eigenvalue weighted by Crippen LogP contribution is -2.03. The van der Waals surface area contributed by atoms with Gasteiger partial charge in [0, 0.05) is 13.2 Å². The number of esters is 1. The van der Waals surface area contributed by atoms with Crippen LogP contribution in [0, 0.1) is 0 Å². The van der Waals surface area contributed by atoms with Crippen molar-refractivity contribution in [3.8, 4) is 0 Å². The van der Waals surface area contributed by atoms with E-state index in [9.17, 15) is 4.79 Å². The molecule has 3 aromatic rings. The molecular weight excluding hydrogens is 304 g/mol.